The molecule has 2 aromatic rings. The predicted octanol–water partition coefficient (Wildman–Crippen LogP) is 4.15. The Labute approximate surface area is 146 Å². The largest absolute Gasteiger partial charge is 0.367 e. The molecule has 0 atom stereocenters. The Kier molecular flexibility index (Phi) is 4.84. The third kappa shape index (κ3) is 3.49. The van der Waals surface area contributed by atoms with Gasteiger partial charge in [-0.15, -0.1) is 0 Å². The zero-order valence-electron chi connectivity index (χ0n) is 14.5. The van der Waals surface area contributed by atoms with E-state index in [0.717, 1.165) is 6.54 Å². The molecular formula is C22H28N2. The standard InChI is InChI=1S/C22H28N2/c1-3-11-21(12-4-1)24(16-15-23-13-7-2-8-14-23)22-17-19-9-5-6-10-20(19)18-22/h1,3-6,9-12,22H,2,7-8,13-18H2. The quantitative estimate of drug-likeness (QED) is 0.817. The molecule has 0 aromatic heterocycles. The highest BCUT2D eigenvalue weighted by molar-refractivity contribution is 5.49. The number of para-hydroxylation sites is 1. The van der Waals surface area contributed by atoms with Crippen molar-refractivity contribution in [1.29, 1.82) is 0 Å². The SMILES string of the molecule is c1ccc(N(CCN2CCCCC2)C2Cc3ccccc3C2)cc1. The van der Waals surface area contributed by atoms with Gasteiger partial charge in [-0.2, -0.15) is 0 Å². The summed E-state index contributed by atoms with van der Waals surface area (Å²) in [6.45, 7) is 4.91. The van der Waals surface area contributed by atoms with Gasteiger partial charge in [0.15, 0.2) is 0 Å². The van der Waals surface area contributed by atoms with Gasteiger partial charge >= 0.3 is 0 Å². The van der Waals surface area contributed by atoms with Crippen LogP contribution in [0.1, 0.15) is 30.4 Å². The summed E-state index contributed by atoms with van der Waals surface area (Å²) in [5, 5.41) is 0. The molecule has 0 spiro atoms. The van der Waals surface area contributed by atoms with Gasteiger partial charge in [-0.25, -0.2) is 0 Å². The van der Waals surface area contributed by atoms with E-state index in [9.17, 15) is 0 Å². The predicted molar refractivity (Wildman–Crippen MR) is 102 cm³/mol. The fourth-order valence-corrected chi connectivity index (χ4v) is 4.33. The molecule has 24 heavy (non-hydrogen) atoms. The van der Waals surface area contributed by atoms with Crippen LogP contribution < -0.4 is 4.90 Å². The molecule has 0 bridgehead atoms. The molecule has 1 saturated heterocycles. The molecule has 0 N–H and O–H groups in total. The van der Waals surface area contributed by atoms with Gasteiger partial charge < -0.3 is 9.80 Å². The van der Waals surface area contributed by atoms with Gasteiger partial charge in [0, 0.05) is 24.8 Å². The van der Waals surface area contributed by atoms with Gasteiger partial charge in [0.05, 0.1) is 0 Å². The molecule has 0 saturated carbocycles. The minimum atomic E-state index is 0.606. The lowest BCUT2D eigenvalue weighted by molar-refractivity contribution is 0.231. The molecule has 2 aliphatic rings. The highest BCUT2D eigenvalue weighted by Gasteiger charge is 2.27. The summed E-state index contributed by atoms with van der Waals surface area (Å²) in [6, 6.07) is 20.6. The van der Waals surface area contributed by atoms with Crippen molar-refractivity contribution in [3.05, 3.63) is 65.7 Å². The first kappa shape index (κ1) is 15.7. The molecule has 1 aliphatic carbocycles. The average Bonchev–Trinajstić information content (AvgIpc) is 3.07. The number of hydrogen-bond acceptors (Lipinski definition) is 2. The number of likely N-dealkylation sites (tertiary alicyclic amines) is 1. The van der Waals surface area contributed by atoms with Crippen LogP contribution in [0, 0.1) is 0 Å². The lowest BCUT2D eigenvalue weighted by Crippen LogP contribution is -2.43. The number of fused-ring (bicyclic) bond motifs is 1. The molecule has 1 fully saturated rings. The molecule has 1 heterocycles. The topological polar surface area (TPSA) is 6.48 Å². The average molecular weight is 320 g/mol. The normalized spacial score (nSPS) is 18.5. The highest BCUT2D eigenvalue weighted by atomic mass is 15.2. The van der Waals surface area contributed by atoms with Crippen molar-refractivity contribution in [3.8, 4) is 0 Å². The number of hydrogen-bond donors (Lipinski definition) is 0. The van der Waals surface area contributed by atoms with Gasteiger partial charge in [0.2, 0.25) is 0 Å². The maximum absolute atomic E-state index is 2.66. The summed E-state index contributed by atoms with van der Waals surface area (Å²) in [5.74, 6) is 0. The number of piperidine rings is 1. The van der Waals surface area contributed by atoms with E-state index in [2.05, 4.69) is 64.4 Å². The second-order valence-electron chi connectivity index (χ2n) is 7.26. The first-order valence-corrected chi connectivity index (χ1v) is 9.51. The summed E-state index contributed by atoms with van der Waals surface area (Å²) in [6.07, 6.45) is 6.54. The van der Waals surface area contributed by atoms with Gasteiger partial charge in [-0.3, -0.25) is 0 Å². The van der Waals surface area contributed by atoms with E-state index in [1.54, 1.807) is 11.1 Å². The van der Waals surface area contributed by atoms with Crippen LogP contribution in [0.25, 0.3) is 0 Å². The number of benzene rings is 2. The second kappa shape index (κ2) is 7.40. The Bertz CT molecular complexity index is 621. The molecule has 2 aromatic carbocycles. The maximum atomic E-state index is 2.66. The summed E-state index contributed by atoms with van der Waals surface area (Å²) < 4.78 is 0. The first-order valence-electron chi connectivity index (χ1n) is 9.51. The molecule has 1 aliphatic heterocycles. The maximum Gasteiger partial charge on any atom is 0.0371 e. The third-order valence-corrected chi connectivity index (χ3v) is 5.66. The molecule has 2 nitrogen and oxygen atoms in total. The Balaban J connectivity index is 1.49. The van der Waals surface area contributed by atoms with Gasteiger partial charge in [0.1, 0.15) is 0 Å². The van der Waals surface area contributed by atoms with Crippen molar-refractivity contribution in [2.24, 2.45) is 0 Å². The minimum absolute atomic E-state index is 0.606. The zero-order chi connectivity index (χ0) is 16.2. The van der Waals surface area contributed by atoms with Crippen molar-refractivity contribution < 1.29 is 0 Å². The van der Waals surface area contributed by atoms with Gasteiger partial charge in [-0.05, 0) is 62.0 Å². The van der Waals surface area contributed by atoms with Crippen molar-refractivity contribution in [2.75, 3.05) is 31.1 Å². The molecule has 4 rings (SSSR count). The van der Waals surface area contributed by atoms with Crippen molar-refractivity contribution in [2.45, 2.75) is 38.1 Å². The molecular weight excluding hydrogens is 292 g/mol. The zero-order valence-corrected chi connectivity index (χ0v) is 14.5. The van der Waals surface area contributed by atoms with Crippen LogP contribution in [0.15, 0.2) is 54.6 Å². The van der Waals surface area contributed by atoms with Crippen LogP contribution in [0.3, 0.4) is 0 Å². The number of anilines is 1. The smallest absolute Gasteiger partial charge is 0.0371 e. The van der Waals surface area contributed by atoms with Gasteiger partial charge in [0.25, 0.3) is 0 Å². The van der Waals surface area contributed by atoms with Crippen LogP contribution >= 0.6 is 0 Å². The van der Waals surface area contributed by atoms with Crippen molar-refractivity contribution >= 4 is 5.69 Å². The van der Waals surface area contributed by atoms with Gasteiger partial charge in [-0.1, -0.05) is 48.9 Å². The van der Waals surface area contributed by atoms with E-state index in [0.29, 0.717) is 6.04 Å². The second-order valence-corrected chi connectivity index (χ2v) is 7.26. The molecule has 0 amide bonds. The van der Waals surface area contributed by atoms with Crippen LogP contribution in [-0.4, -0.2) is 37.1 Å². The highest BCUT2D eigenvalue weighted by Crippen LogP contribution is 2.29. The summed E-state index contributed by atoms with van der Waals surface area (Å²) in [4.78, 5) is 5.32. The first-order chi connectivity index (χ1) is 11.9. The van der Waals surface area contributed by atoms with Crippen LogP contribution in [0.2, 0.25) is 0 Å². The fraction of sp³-hybridized carbons (Fsp3) is 0.455. The summed E-state index contributed by atoms with van der Waals surface area (Å²) in [7, 11) is 0. The summed E-state index contributed by atoms with van der Waals surface area (Å²) >= 11 is 0. The number of rotatable bonds is 5. The number of nitrogens with zero attached hydrogens (tertiary/aromatic N) is 2. The van der Waals surface area contributed by atoms with E-state index in [1.165, 1.54) is 57.4 Å². The van der Waals surface area contributed by atoms with Crippen molar-refractivity contribution in [3.63, 3.8) is 0 Å². The molecule has 0 unspecified atom stereocenters. The third-order valence-electron chi connectivity index (χ3n) is 5.66. The Morgan fingerprint density at radius 2 is 1.42 bits per heavy atom. The fourth-order valence-electron chi connectivity index (χ4n) is 4.33. The van der Waals surface area contributed by atoms with Crippen LogP contribution in [0.4, 0.5) is 5.69 Å². The Hall–Kier alpha value is -1.80. The molecule has 2 heteroatoms. The Morgan fingerprint density at radius 1 is 0.792 bits per heavy atom. The monoisotopic (exact) mass is 320 g/mol. The van der Waals surface area contributed by atoms with Crippen molar-refractivity contribution in [1.82, 2.24) is 4.90 Å². The van der Waals surface area contributed by atoms with E-state index >= 15 is 0 Å². The minimum Gasteiger partial charge on any atom is -0.367 e. The van der Waals surface area contributed by atoms with Crippen LogP contribution in [-0.2, 0) is 12.8 Å². The lowest BCUT2D eigenvalue weighted by Gasteiger charge is -2.35. The van der Waals surface area contributed by atoms with E-state index < -0.39 is 0 Å². The van der Waals surface area contributed by atoms with E-state index in [-0.39, 0.29) is 0 Å². The molecule has 126 valence electrons. The lowest BCUT2D eigenvalue weighted by atomic mass is 10.1. The van der Waals surface area contributed by atoms with Crippen LogP contribution in [0.5, 0.6) is 0 Å². The Morgan fingerprint density at radius 3 is 2.08 bits per heavy atom. The van der Waals surface area contributed by atoms with E-state index in [4.69, 9.17) is 0 Å². The molecule has 0 radical (unpaired) electrons. The summed E-state index contributed by atoms with van der Waals surface area (Å²) in [5.41, 5.74) is 4.47. The van der Waals surface area contributed by atoms with E-state index in [1.807, 2.05) is 0 Å².